The zero-order valence-corrected chi connectivity index (χ0v) is 18.6. The van der Waals surface area contributed by atoms with Gasteiger partial charge >= 0.3 is 5.97 Å². The van der Waals surface area contributed by atoms with Gasteiger partial charge in [0.15, 0.2) is 23.2 Å². The van der Waals surface area contributed by atoms with Gasteiger partial charge in [0.1, 0.15) is 18.2 Å². The van der Waals surface area contributed by atoms with Gasteiger partial charge in [0.05, 0.1) is 27.2 Å². The smallest absolute Gasteiger partial charge is 0.340 e. The fraction of sp³-hybridized carbons (Fsp3) is 0.0385. The molecule has 0 unspecified atom stereocenters. The molecule has 0 saturated heterocycles. The number of aromatic amines is 1. The van der Waals surface area contributed by atoms with E-state index in [0.717, 1.165) is 0 Å². The molecule has 0 bridgehead atoms. The van der Waals surface area contributed by atoms with Crippen LogP contribution in [0, 0.1) is 11.3 Å². The summed E-state index contributed by atoms with van der Waals surface area (Å²) in [5, 5.41) is 19.7. The number of hydrogen-bond donors (Lipinski definition) is 2. The predicted molar refractivity (Wildman–Crippen MR) is 126 cm³/mol. The summed E-state index contributed by atoms with van der Waals surface area (Å²) in [6.07, 6.45) is 0. The Hall–Kier alpha value is -4.74. The highest BCUT2D eigenvalue weighted by atomic mass is 35.5. The third-order valence-corrected chi connectivity index (χ3v) is 6.01. The second kappa shape index (κ2) is 8.56. The van der Waals surface area contributed by atoms with Gasteiger partial charge in [-0.25, -0.2) is 9.78 Å². The van der Waals surface area contributed by atoms with Crippen LogP contribution in [0.2, 0.25) is 5.02 Å². The maximum atomic E-state index is 13.0. The lowest BCUT2D eigenvalue weighted by atomic mass is 9.83. The summed E-state index contributed by atoms with van der Waals surface area (Å²) in [7, 11) is 0. The number of allylic oxidation sites excluding steroid dienone is 1. The van der Waals surface area contributed by atoms with Gasteiger partial charge in [-0.3, -0.25) is 9.59 Å². The monoisotopic (exact) mass is 483 g/mol. The summed E-state index contributed by atoms with van der Waals surface area (Å²) in [5.41, 5.74) is 1.40. The fourth-order valence-electron chi connectivity index (χ4n) is 3.91. The minimum atomic E-state index is -0.939. The Balaban J connectivity index is 1.42. The number of nitrogens with one attached hydrogen (secondary N) is 1. The van der Waals surface area contributed by atoms with E-state index in [1.54, 1.807) is 42.5 Å². The summed E-state index contributed by atoms with van der Waals surface area (Å²) >= 11 is 6.38. The lowest BCUT2D eigenvalue weighted by molar-refractivity contribution is 0.0502. The Morgan fingerprint density at radius 3 is 2.40 bits per heavy atom. The van der Waals surface area contributed by atoms with Crippen LogP contribution in [0.5, 0.6) is 0 Å². The van der Waals surface area contributed by atoms with Crippen LogP contribution in [0.4, 0.5) is 0 Å². The number of rotatable bonds is 4. The Bertz CT molecular complexity index is 1610. The molecule has 0 saturated carbocycles. The number of nitrogens with zero attached hydrogens (tertiary/aromatic N) is 2. The molecule has 4 aromatic rings. The van der Waals surface area contributed by atoms with E-state index in [-0.39, 0.29) is 50.0 Å². The highest BCUT2D eigenvalue weighted by molar-refractivity contribution is 6.41. The Morgan fingerprint density at radius 1 is 1.00 bits per heavy atom. The Kier molecular flexibility index (Phi) is 5.40. The fourth-order valence-corrected chi connectivity index (χ4v) is 4.24. The van der Waals surface area contributed by atoms with E-state index in [0.29, 0.717) is 11.0 Å². The van der Waals surface area contributed by atoms with Gasteiger partial charge in [-0.05, 0) is 24.3 Å². The molecule has 0 spiro atoms. The number of nitriles is 1. The molecular formula is C26H14ClN3O5. The molecule has 1 heterocycles. The molecule has 170 valence electrons. The third kappa shape index (κ3) is 3.64. The first-order valence-corrected chi connectivity index (χ1v) is 10.7. The molecule has 1 aliphatic rings. The number of esters is 1. The summed E-state index contributed by atoms with van der Waals surface area (Å²) in [5.74, 6) is -2.19. The van der Waals surface area contributed by atoms with Crippen LogP contribution >= 0.6 is 11.6 Å². The Labute approximate surface area is 203 Å². The number of H-pyrrole nitrogens is 1. The first-order chi connectivity index (χ1) is 16.9. The molecule has 0 fully saturated rings. The maximum absolute atomic E-state index is 13.0. The van der Waals surface area contributed by atoms with Crippen molar-refractivity contribution in [1.29, 1.82) is 5.26 Å². The number of benzene rings is 3. The third-order valence-electron chi connectivity index (χ3n) is 5.62. The standard InChI is InChI=1S/C26H14ClN3O5/c27-22-16(10-9-15-21(22)24(33)14-6-2-1-5-13(14)23(15)32)26(34)35-12-20(31)17(11-28)25-29-18-7-3-4-8-19(18)30-25/h1-10,31H,12H2,(H,29,30)/b20-17-. The van der Waals surface area contributed by atoms with E-state index >= 15 is 0 Å². The van der Waals surface area contributed by atoms with Crippen LogP contribution < -0.4 is 0 Å². The molecule has 8 nitrogen and oxygen atoms in total. The lowest BCUT2D eigenvalue weighted by Gasteiger charge is -2.19. The number of aromatic nitrogens is 2. The zero-order valence-electron chi connectivity index (χ0n) is 17.8. The number of aliphatic hydroxyl groups excluding tert-OH is 1. The molecule has 1 aliphatic carbocycles. The SMILES string of the molecule is N#C/C(=C(/O)COC(=O)c1ccc2c(c1Cl)C(=O)c1ccccc1C2=O)c1nc2ccccc2[nH]1. The Morgan fingerprint density at radius 2 is 1.69 bits per heavy atom. The van der Waals surface area contributed by atoms with Gasteiger partial charge in [-0.1, -0.05) is 48.0 Å². The number of carbonyl (C=O) groups is 3. The molecule has 9 heteroatoms. The van der Waals surface area contributed by atoms with E-state index in [4.69, 9.17) is 16.3 Å². The van der Waals surface area contributed by atoms with Crippen LogP contribution in [0.1, 0.15) is 48.0 Å². The van der Waals surface area contributed by atoms with Gasteiger partial charge in [0, 0.05) is 16.7 Å². The van der Waals surface area contributed by atoms with Crippen molar-refractivity contribution in [2.45, 2.75) is 0 Å². The number of ether oxygens (including phenoxy) is 1. The van der Waals surface area contributed by atoms with E-state index < -0.39 is 24.1 Å². The molecule has 0 radical (unpaired) electrons. The largest absolute Gasteiger partial charge is 0.507 e. The lowest BCUT2D eigenvalue weighted by Crippen LogP contribution is -2.22. The van der Waals surface area contributed by atoms with Crippen LogP contribution in [-0.4, -0.2) is 39.2 Å². The first-order valence-electron chi connectivity index (χ1n) is 10.4. The molecule has 2 N–H and O–H groups in total. The summed E-state index contributed by atoms with van der Waals surface area (Å²) in [6, 6.07) is 17.9. The van der Waals surface area contributed by atoms with Crippen LogP contribution in [0.3, 0.4) is 0 Å². The minimum Gasteiger partial charge on any atom is -0.507 e. The second-order valence-corrected chi connectivity index (χ2v) is 8.04. The van der Waals surface area contributed by atoms with Gasteiger partial charge in [-0.2, -0.15) is 5.26 Å². The number of imidazole rings is 1. The average molecular weight is 484 g/mol. The highest BCUT2D eigenvalue weighted by Gasteiger charge is 2.33. The summed E-state index contributed by atoms with van der Waals surface area (Å²) < 4.78 is 5.15. The van der Waals surface area contributed by atoms with Crippen molar-refractivity contribution >= 4 is 45.7 Å². The van der Waals surface area contributed by atoms with Crippen LogP contribution in [0.15, 0.2) is 66.4 Å². The summed E-state index contributed by atoms with van der Waals surface area (Å²) in [4.78, 5) is 45.7. The molecular weight excluding hydrogens is 470 g/mol. The van der Waals surface area contributed by atoms with Gasteiger partial charge < -0.3 is 14.8 Å². The topological polar surface area (TPSA) is 133 Å². The second-order valence-electron chi connectivity index (χ2n) is 7.67. The van der Waals surface area contributed by atoms with Gasteiger partial charge in [0.25, 0.3) is 0 Å². The molecule has 3 aromatic carbocycles. The molecule has 1 aromatic heterocycles. The average Bonchev–Trinajstić information content (AvgIpc) is 3.30. The molecule has 35 heavy (non-hydrogen) atoms. The number of fused-ring (bicyclic) bond motifs is 3. The number of hydrogen-bond acceptors (Lipinski definition) is 7. The minimum absolute atomic E-state index is 0.0791. The van der Waals surface area contributed by atoms with Crippen molar-refractivity contribution in [3.63, 3.8) is 0 Å². The quantitative estimate of drug-likeness (QED) is 0.216. The van der Waals surface area contributed by atoms with Crippen molar-refractivity contribution < 1.29 is 24.2 Å². The van der Waals surface area contributed by atoms with E-state index in [2.05, 4.69) is 9.97 Å². The van der Waals surface area contributed by atoms with E-state index in [1.807, 2.05) is 6.07 Å². The normalized spacial score (nSPS) is 13.0. The van der Waals surface area contributed by atoms with Crippen molar-refractivity contribution in [2.75, 3.05) is 6.61 Å². The number of para-hydroxylation sites is 2. The zero-order chi connectivity index (χ0) is 24.7. The summed E-state index contributed by atoms with van der Waals surface area (Å²) in [6.45, 7) is -0.637. The number of halogens is 1. The highest BCUT2D eigenvalue weighted by Crippen LogP contribution is 2.34. The van der Waals surface area contributed by atoms with E-state index in [9.17, 15) is 24.8 Å². The van der Waals surface area contributed by atoms with Crippen molar-refractivity contribution in [1.82, 2.24) is 9.97 Å². The van der Waals surface area contributed by atoms with Gasteiger partial charge in [0.2, 0.25) is 0 Å². The molecule has 5 rings (SSSR count). The molecule has 0 amide bonds. The first kappa shape index (κ1) is 22.1. The van der Waals surface area contributed by atoms with Crippen molar-refractivity contribution in [3.05, 3.63) is 105 Å². The van der Waals surface area contributed by atoms with Crippen molar-refractivity contribution in [3.8, 4) is 6.07 Å². The van der Waals surface area contributed by atoms with E-state index in [1.165, 1.54) is 18.2 Å². The predicted octanol–water partition coefficient (Wildman–Crippen LogP) is 4.64. The number of ketones is 2. The van der Waals surface area contributed by atoms with Crippen LogP contribution in [-0.2, 0) is 4.74 Å². The van der Waals surface area contributed by atoms with Crippen LogP contribution in [0.25, 0.3) is 16.6 Å². The van der Waals surface area contributed by atoms with Gasteiger partial charge in [-0.15, -0.1) is 0 Å². The number of carbonyl (C=O) groups excluding carboxylic acids is 3. The molecule has 0 aliphatic heterocycles. The van der Waals surface area contributed by atoms with Crippen molar-refractivity contribution in [2.24, 2.45) is 0 Å². The maximum Gasteiger partial charge on any atom is 0.340 e. The molecule has 0 atom stereocenters. The number of aliphatic hydroxyl groups is 1.